The number of carbonyl (C=O) groups is 3. The number of hydrogen-bond donors (Lipinski definition) is 1. The Hall–Kier alpha value is -1.43. The Morgan fingerprint density at radius 2 is 1.68 bits per heavy atom. The highest BCUT2D eigenvalue weighted by Gasteiger charge is 2.26. The van der Waals surface area contributed by atoms with Gasteiger partial charge in [0.15, 0.2) is 0 Å². The number of primary amides is 1. The molecule has 0 aromatic rings. The van der Waals surface area contributed by atoms with Crippen LogP contribution in [-0.2, 0) is 14.4 Å². The number of likely N-dealkylation sites (tertiary alicyclic amines) is 2. The van der Waals surface area contributed by atoms with Crippen molar-refractivity contribution in [3.05, 3.63) is 0 Å². The lowest BCUT2D eigenvalue weighted by molar-refractivity contribution is -0.135. The summed E-state index contributed by atoms with van der Waals surface area (Å²) in [5.41, 5.74) is 5.28. The molecule has 0 saturated carbocycles. The molecule has 0 bridgehead atoms. The third-order valence-corrected chi connectivity index (χ3v) is 4.02. The van der Waals surface area contributed by atoms with Crippen LogP contribution in [0.5, 0.6) is 0 Å². The fourth-order valence-corrected chi connectivity index (χ4v) is 2.67. The van der Waals surface area contributed by atoms with Crippen LogP contribution >= 0.6 is 0 Å². The first-order valence-corrected chi connectivity index (χ1v) is 6.87. The topological polar surface area (TPSA) is 83.7 Å². The van der Waals surface area contributed by atoms with E-state index in [2.05, 4.69) is 4.90 Å². The minimum Gasteiger partial charge on any atom is -0.369 e. The number of rotatable bonds is 3. The molecule has 0 unspecified atom stereocenters. The molecule has 0 aliphatic carbocycles. The Labute approximate surface area is 112 Å². The number of carbonyl (C=O) groups excluding carboxylic acids is 3. The fraction of sp³-hybridized carbons (Fsp3) is 0.769. The molecule has 6 nitrogen and oxygen atoms in total. The summed E-state index contributed by atoms with van der Waals surface area (Å²) in [5.74, 6) is 0.0517. The molecule has 2 rings (SSSR count). The van der Waals surface area contributed by atoms with Crippen LogP contribution in [0.4, 0.5) is 0 Å². The lowest BCUT2D eigenvalue weighted by Crippen LogP contribution is -2.47. The smallest absolute Gasteiger partial charge is 0.236 e. The highest BCUT2D eigenvalue weighted by Crippen LogP contribution is 2.17. The zero-order valence-corrected chi connectivity index (χ0v) is 11.1. The monoisotopic (exact) mass is 267 g/mol. The van der Waals surface area contributed by atoms with Crippen molar-refractivity contribution in [1.29, 1.82) is 0 Å². The van der Waals surface area contributed by atoms with Crippen molar-refractivity contribution in [2.75, 3.05) is 32.7 Å². The highest BCUT2D eigenvalue weighted by molar-refractivity contribution is 5.84. The van der Waals surface area contributed by atoms with Crippen molar-refractivity contribution in [2.24, 2.45) is 11.7 Å². The largest absolute Gasteiger partial charge is 0.369 e. The van der Waals surface area contributed by atoms with Crippen molar-refractivity contribution in [2.45, 2.75) is 25.7 Å². The Morgan fingerprint density at radius 3 is 2.21 bits per heavy atom. The second-order valence-electron chi connectivity index (χ2n) is 5.37. The van der Waals surface area contributed by atoms with Gasteiger partial charge in [0, 0.05) is 31.8 Å². The molecular weight excluding hydrogens is 246 g/mol. The predicted octanol–water partition coefficient (Wildman–Crippen LogP) is -0.625. The van der Waals surface area contributed by atoms with Gasteiger partial charge >= 0.3 is 0 Å². The summed E-state index contributed by atoms with van der Waals surface area (Å²) in [6.07, 6.45) is 2.44. The quantitative estimate of drug-likeness (QED) is 0.738. The molecule has 106 valence electrons. The summed E-state index contributed by atoms with van der Waals surface area (Å²) in [4.78, 5) is 38.1. The van der Waals surface area contributed by atoms with Gasteiger partial charge in [0.25, 0.3) is 0 Å². The maximum Gasteiger partial charge on any atom is 0.236 e. The molecule has 0 aromatic heterocycles. The number of hydrogen-bond acceptors (Lipinski definition) is 4. The molecule has 0 atom stereocenters. The molecule has 2 aliphatic heterocycles. The summed E-state index contributed by atoms with van der Waals surface area (Å²) in [7, 11) is 0. The van der Waals surface area contributed by atoms with Crippen LogP contribution in [0.15, 0.2) is 0 Å². The fourth-order valence-electron chi connectivity index (χ4n) is 2.67. The van der Waals surface area contributed by atoms with Crippen molar-refractivity contribution in [1.82, 2.24) is 9.80 Å². The van der Waals surface area contributed by atoms with E-state index >= 15 is 0 Å². The average molecular weight is 267 g/mol. The van der Waals surface area contributed by atoms with Gasteiger partial charge in [-0.05, 0) is 25.9 Å². The second kappa shape index (κ2) is 6.14. The van der Waals surface area contributed by atoms with E-state index in [1.54, 1.807) is 4.90 Å². The van der Waals surface area contributed by atoms with Gasteiger partial charge < -0.3 is 10.6 Å². The van der Waals surface area contributed by atoms with E-state index in [9.17, 15) is 14.4 Å². The first-order valence-electron chi connectivity index (χ1n) is 6.87. The third-order valence-electron chi connectivity index (χ3n) is 4.02. The average Bonchev–Trinajstić information content (AvgIpc) is 2.40. The van der Waals surface area contributed by atoms with Gasteiger partial charge in [-0.15, -0.1) is 0 Å². The van der Waals surface area contributed by atoms with E-state index in [0.29, 0.717) is 32.5 Å². The van der Waals surface area contributed by atoms with Gasteiger partial charge in [-0.25, -0.2) is 0 Å². The highest BCUT2D eigenvalue weighted by atomic mass is 16.2. The normalized spacial score (nSPS) is 22.5. The molecule has 0 radical (unpaired) electrons. The second-order valence-corrected chi connectivity index (χ2v) is 5.37. The molecule has 2 N–H and O–H groups in total. The Kier molecular flexibility index (Phi) is 4.52. The van der Waals surface area contributed by atoms with E-state index in [1.807, 2.05) is 0 Å². The third kappa shape index (κ3) is 3.76. The molecular formula is C13H21N3O3. The van der Waals surface area contributed by atoms with Crippen LogP contribution in [-0.4, -0.2) is 60.1 Å². The van der Waals surface area contributed by atoms with Gasteiger partial charge in [0.05, 0.1) is 6.54 Å². The molecule has 2 fully saturated rings. The van der Waals surface area contributed by atoms with Gasteiger partial charge in [0.2, 0.25) is 11.8 Å². The van der Waals surface area contributed by atoms with E-state index in [0.717, 1.165) is 25.9 Å². The van der Waals surface area contributed by atoms with Crippen LogP contribution in [0.2, 0.25) is 0 Å². The van der Waals surface area contributed by atoms with Crippen LogP contribution in [0.25, 0.3) is 0 Å². The van der Waals surface area contributed by atoms with E-state index in [-0.39, 0.29) is 23.5 Å². The maximum absolute atomic E-state index is 12.1. The van der Waals surface area contributed by atoms with Crippen LogP contribution in [0.3, 0.4) is 0 Å². The molecule has 0 spiro atoms. The molecule has 2 saturated heterocycles. The van der Waals surface area contributed by atoms with Crippen LogP contribution in [0.1, 0.15) is 25.7 Å². The van der Waals surface area contributed by atoms with E-state index in [4.69, 9.17) is 5.73 Å². The number of piperidine rings is 2. The molecule has 0 aromatic carbocycles. The molecule has 2 amide bonds. The zero-order valence-electron chi connectivity index (χ0n) is 11.1. The first kappa shape index (κ1) is 14.0. The zero-order chi connectivity index (χ0) is 13.8. The number of Topliss-reactive ketones (excluding diaryl/α,β-unsaturated/α-hetero) is 1. The van der Waals surface area contributed by atoms with Crippen molar-refractivity contribution in [3.8, 4) is 0 Å². The van der Waals surface area contributed by atoms with Gasteiger partial charge in [-0.3, -0.25) is 19.3 Å². The number of nitrogens with zero attached hydrogens (tertiary/aromatic N) is 2. The Morgan fingerprint density at radius 1 is 1.11 bits per heavy atom. The summed E-state index contributed by atoms with van der Waals surface area (Å²) in [6.45, 7) is 2.97. The molecule has 2 aliphatic rings. The Balaban J connectivity index is 1.74. The summed E-state index contributed by atoms with van der Waals surface area (Å²) in [5, 5.41) is 0. The maximum atomic E-state index is 12.1. The van der Waals surface area contributed by atoms with Crippen molar-refractivity contribution >= 4 is 17.6 Å². The SMILES string of the molecule is NC(=O)C1CCN(CC(=O)N2CCC(=O)CC2)CC1. The Bertz CT molecular complexity index is 365. The van der Waals surface area contributed by atoms with Gasteiger partial charge in [0.1, 0.15) is 5.78 Å². The van der Waals surface area contributed by atoms with Crippen LogP contribution in [0, 0.1) is 5.92 Å². The molecule has 2 heterocycles. The lowest BCUT2D eigenvalue weighted by Gasteiger charge is -2.33. The first-order chi connectivity index (χ1) is 9.06. The van der Waals surface area contributed by atoms with Crippen LogP contribution < -0.4 is 5.73 Å². The standard InChI is InChI=1S/C13H21N3O3/c14-13(19)10-1-5-15(6-2-10)9-12(18)16-7-3-11(17)4-8-16/h10H,1-9H2,(H2,14,19). The summed E-state index contributed by atoms with van der Waals surface area (Å²) < 4.78 is 0. The van der Waals surface area contributed by atoms with Gasteiger partial charge in [-0.2, -0.15) is 0 Å². The minimum atomic E-state index is -0.236. The van der Waals surface area contributed by atoms with Gasteiger partial charge in [-0.1, -0.05) is 0 Å². The van der Waals surface area contributed by atoms with E-state index < -0.39 is 0 Å². The number of amides is 2. The van der Waals surface area contributed by atoms with Crippen molar-refractivity contribution < 1.29 is 14.4 Å². The summed E-state index contributed by atoms with van der Waals surface area (Å²) in [6, 6.07) is 0. The lowest BCUT2D eigenvalue weighted by atomic mass is 9.96. The predicted molar refractivity (Wildman–Crippen MR) is 69.2 cm³/mol. The molecule has 6 heteroatoms. The molecule has 19 heavy (non-hydrogen) atoms. The van der Waals surface area contributed by atoms with E-state index in [1.165, 1.54) is 0 Å². The van der Waals surface area contributed by atoms with Crippen molar-refractivity contribution in [3.63, 3.8) is 0 Å². The number of ketones is 1. The summed E-state index contributed by atoms with van der Waals surface area (Å²) >= 11 is 0. The number of nitrogens with two attached hydrogens (primary N) is 1. The minimum absolute atomic E-state index is 0.0426.